The zero-order valence-electron chi connectivity index (χ0n) is 8.16. The molecule has 1 aromatic carbocycles. The maximum atomic E-state index is 13.0. The molecule has 0 saturated heterocycles. The van der Waals surface area contributed by atoms with Gasteiger partial charge in [0.15, 0.2) is 0 Å². The quantitative estimate of drug-likeness (QED) is 0.702. The molecule has 1 N–H and O–H groups in total. The number of carboxylic acids is 1. The molecule has 16 heavy (non-hydrogen) atoms. The van der Waals surface area contributed by atoms with Gasteiger partial charge in [0.25, 0.3) is 0 Å². The molecular formula is C12H7FO2S. The molecule has 0 spiro atoms. The fraction of sp³-hybridized carbons (Fsp3) is 0.0833. The van der Waals surface area contributed by atoms with Gasteiger partial charge in [-0.05, 0) is 41.3 Å². The molecule has 0 radical (unpaired) electrons. The van der Waals surface area contributed by atoms with E-state index in [0.29, 0.717) is 11.3 Å². The van der Waals surface area contributed by atoms with Crippen LogP contribution in [0, 0.1) is 5.82 Å². The lowest BCUT2D eigenvalue weighted by atomic mass is 10.1. The highest BCUT2D eigenvalue weighted by Crippen LogP contribution is 2.42. The predicted molar refractivity (Wildman–Crippen MR) is 59.5 cm³/mol. The summed E-state index contributed by atoms with van der Waals surface area (Å²) in [7, 11) is 0. The van der Waals surface area contributed by atoms with E-state index in [1.54, 1.807) is 12.1 Å². The Morgan fingerprint density at radius 2 is 2.12 bits per heavy atom. The first-order chi connectivity index (χ1) is 7.65. The van der Waals surface area contributed by atoms with Crippen molar-refractivity contribution in [1.29, 1.82) is 0 Å². The second-order valence-electron chi connectivity index (χ2n) is 3.75. The second kappa shape index (κ2) is 3.15. The van der Waals surface area contributed by atoms with Crippen molar-refractivity contribution in [2.24, 2.45) is 0 Å². The predicted octanol–water partition coefficient (Wildman–Crippen LogP) is 3.16. The van der Waals surface area contributed by atoms with Crippen LogP contribution in [0.5, 0.6) is 0 Å². The van der Waals surface area contributed by atoms with E-state index in [-0.39, 0.29) is 5.82 Å². The van der Waals surface area contributed by atoms with E-state index in [0.717, 1.165) is 21.6 Å². The topological polar surface area (TPSA) is 37.3 Å². The van der Waals surface area contributed by atoms with Gasteiger partial charge in [-0.25, -0.2) is 9.18 Å². The fourth-order valence-corrected chi connectivity index (χ4v) is 3.11. The van der Waals surface area contributed by atoms with E-state index < -0.39 is 5.97 Å². The van der Waals surface area contributed by atoms with E-state index in [2.05, 4.69) is 0 Å². The number of carbonyl (C=O) groups is 1. The number of halogens is 1. The summed E-state index contributed by atoms with van der Waals surface area (Å²) in [4.78, 5) is 12.1. The molecular weight excluding hydrogens is 227 g/mol. The number of rotatable bonds is 1. The molecule has 0 amide bonds. The molecule has 3 rings (SSSR count). The van der Waals surface area contributed by atoms with Crippen LogP contribution in [0.25, 0.3) is 10.4 Å². The van der Waals surface area contributed by atoms with Crippen molar-refractivity contribution in [2.75, 3.05) is 0 Å². The summed E-state index contributed by atoms with van der Waals surface area (Å²) in [5.74, 6) is -1.14. The molecule has 1 heterocycles. The largest absolute Gasteiger partial charge is 0.477 e. The molecule has 0 fully saturated rings. The molecule has 4 heteroatoms. The van der Waals surface area contributed by atoms with Crippen molar-refractivity contribution in [2.45, 2.75) is 6.42 Å². The Balaban J connectivity index is 2.16. The van der Waals surface area contributed by atoms with Crippen LogP contribution in [0.2, 0.25) is 0 Å². The number of carboxylic acid groups (broad SMARTS) is 1. The monoisotopic (exact) mass is 234 g/mol. The highest BCUT2D eigenvalue weighted by molar-refractivity contribution is 7.17. The molecule has 0 bridgehead atoms. The maximum Gasteiger partial charge on any atom is 0.345 e. The Kier molecular flexibility index (Phi) is 1.88. The van der Waals surface area contributed by atoms with Crippen molar-refractivity contribution in [1.82, 2.24) is 0 Å². The number of fused-ring (bicyclic) bond motifs is 3. The summed E-state index contributed by atoms with van der Waals surface area (Å²) in [5.41, 5.74) is 2.90. The number of benzene rings is 1. The summed E-state index contributed by atoms with van der Waals surface area (Å²) >= 11 is 1.26. The van der Waals surface area contributed by atoms with E-state index in [1.165, 1.54) is 23.5 Å². The Morgan fingerprint density at radius 1 is 1.31 bits per heavy atom. The molecule has 1 aliphatic rings. The van der Waals surface area contributed by atoms with Crippen LogP contribution in [0.15, 0.2) is 24.3 Å². The minimum absolute atomic E-state index is 0.243. The SMILES string of the molecule is O=C(O)c1cc2c(s1)-c1ccc(F)cc1C2. The lowest BCUT2D eigenvalue weighted by molar-refractivity contribution is 0.0702. The van der Waals surface area contributed by atoms with Crippen LogP contribution >= 0.6 is 11.3 Å². The maximum absolute atomic E-state index is 13.0. The van der Waals surface area contributed by atoms with E-state index in [1.807, 2.05) is 0 Å². The molecule has 0 aliphatic heterocycles. The van der Waals surface area contributed by atoms with Gasteiger partial charge in [-0.2, -0.15) is 0 Å². The first kappa shape index (κ1) is 9.54. The molecule has 0 unspecified atom stereocenters. The van der Waals surface area contributed by atoms with Gasteiger partial charge in [0, 0.05) is 4.88 Å². The van der Waals surface area contributed by atoms with Gasteiger partial charge in [0.05, 0.1) is 0 Å². The van der Waals surface area contributed by atoms with Crippen LogP contribution in [0.3, 0.4) is 0 Å². The third kappa shape index (κ3) is 1.27. The first-order valence-electron chi connectivity index (χ1n) is 4.80. The van der Waals surface area contributed by atoms with E-state index in [4.69, 9.17) is 5.11 Å². The van der Waals surface area contributed by atoms with Gasteiger partial charge < -0.3 is 5.11 Å². The van der Waals surface area contributed by atoms with Gasteiger partial charge in [0.2, 0.25) is 0 Å². The van der Waals surface area contributed by atoms with E-state index >= 15 is 0 Å². The number of thiophene rings is 1. The number of hydrogen-bond donors (Lipinski definition) is 1. The molecule has 0 saturated carbocycles. The van der Waals surface area contributed by atoms with Crippen molar-refractivity contribution < 1.29 is 14.3 Å². The standard InChI is InChI=1S/C12H7FO2S/c13-8-1-2-9-6(4-8)3-7-5-10(12(14)15)16-11(7)9/h1-2,4-5H,3H2,(H,14,15). The third-order valence-electron chi connectivity index (χ3n) is 2.71. The molecule has 80 valence electrons. The minimum Gasteiger partial charge on any atom is -0.477 e. The molecule has 2 nitrogen and oxygen atoms in total. The molecule has 1 aromatic heterocycles. The smallest absolute Gasteiger partial charge is 0.345 e. The van der Waals surface area contributed by atoms with Gasteiger partial charge in [0.1, 0.15) is 10.7 Å². The minimum atomic E-state index is -0.900. The summed E-state index contributed by atoms with van der Waals surface area (Å²) in [6, 6.07) is 6.33. The molecule has 1 aliphatic carbocycles. The third-order valence-corrected chi connectivity index (χ3v) is 3.91. The zero-order chi connectivity index (χ0) is 11.3. The lowest BCUT2D eigenvalue weighted by Crippen LogP contribution is -1.91. The molecule has 0 atom stereocenters. The van der Waals surface area contributed by atoms with Crippen molar-refractivity contribution in [3.63, 3.8) is 0 Å². The Bertz CT molecular complexity index is 601. The number of aromatic carboxylic acids is 1. The van der Waals surface area contributed by atoms with Crippen LogP contribution in [0.4, 0.5) is 4.39 Å². The highest BCUT2D eigenvalue weighted by atomic mass is 32.1. The van der Waals surface area contributed by atoms with Gasteiger partial charge in [-0.1, -0.05) is 6.07 Å². The number of hydrogen-bond acceptors (Lipinski definition) is 2. The summed E-state index contributed by atoms with van der Waals surface area (Å²) < 4.78 is 13.0. The van der Waals surface area contributed by atoms with Crippen LogP contribution < -0.4 is 0 Å². The average molecular weight is 234 g/mol. The Morgan fingerprint density at radius 3 is 2.88 bits per heavy atom. The summed E-state index contributed by atoms with van der Waals surface area (Å²) in [5, 5.41) is 8.88. The average Bonchev–Trinajstić information content (AvgIpc) is 2.73. The van der Waals surface area contributed by atoms with Gasteiger partial charge in [-0.15, -0.1) is 11.3 Å². The fourth-order valence-electron chi connectivity index (χ4n) is 2.03. The lowest BCUT2D eigenvalue weighted by Gasteiger charge is -1.98. The van der Waals surface area contributed by atoms with Crippen LogP contribution in [-0.2, 0) is 6.42 Å². The Hall–Kier alpha value is -1.68. The van der Waals surface area contributed by atoms with Gasteiger partial charge >= 0.3 is 5.97 Å². The van der Waals surface area contributed by atoms with Crippen molar-refractivity contribution >= 4 is 17.3 Å². The van der Waals surface area contributed by atoms with Crippen molar-refractivity contribution in [3.8, 4) is 10.4 Å². The summed E-state index contributed by atoms with van der Waals surface area (Å²) in [6.45, 7) is 0. The van der Waals surface area contributed by atoms with Gasteiger partial charge in [-0.3, -0.25) is 0 Å². The summed E-state index contributed by atoms with van der Waals surface area (Å²) in [6.07, 6.45) is 0.631. The normalized spacial score (nSPS) is 12.3. The first-order valence-corrected chi connectivity index (χ1v) is 5.61. The highest BCUT2D eigenvalue weighted by Gasteiger charge is 2.23. The van der Waals surface area contributed by atoms with Crippen molar-refractivity contribution in [3.05, 3.63) is 46.1 Å². The Labute approximate surface area is 95.0 Å². The van der Waals surface area contributed by atoms with Crippen LogP contribution in [-0.4, -0.2) is 11.1 Å². The molecule has 2 aromatic rings. The second-order valence-corrected chi connectivity index (χ2v) is 4.80. The van der Waals surface area contributed by atoms with E-state index in [9.17, 15) is 9.18 Å². The van der Waals surface area contributed by atoms with Crippen LogP contribution in [0.1, 0.15) is 20.8 Å². The zero-order valence-corrected chi connectivity index (χ0v) is 8.97.